The number of rotatable bonds is 7. The minimum Gasteiger partial charge on any atom is -0.497 e. The zero-order chi connectivity index (χ0) is 16.0. The van der Waals surface area contributed by atoms with Gasteiger partial charge < -0.3 is 19.7 Å². The second kappa shape index (κ2) is 7.61. The molecule has 1 aliphatic rings. The van der Waals surface area contributed by atoms with E-state index in [-0.39, 0.29) is 5.91 Å². The summed E-state index contributed by atoms with van der Waals surface area (Å²) < 4.78 is 10.5. The molecule has 1 atom stereocenters. The van der Waals surface area contributed by atoms with Crippen LogP contribution in [-0.4, -0.2) is 51.3 Å². The SMILES string of the molecule is CCN(Cc1ccc(OC)cc1)C(=O)C1(COC)CCNC1. The molecule has 0 spiro atoms. The van der Waals surface area contributed by atoms with Crippen molar-refractivity contribution in [1.82, 2.24) is 10.2 Å². The highest BCUT2D eigenvalue weighted by Gasteiger charge is 2.43. The standard InChI is InChI=1S/C17H26N2O3/c1-4-19(11-14-5-7-15(22-3)8-6-14)16(20)17(13-21-2)9-10-18-12-17/h5-8,18H,4,9-13H2,1-3H3. The number of methoxy groups -OCH3 is 2. The van der Waals surface area contributed by atoms with E-state index >= 15 is 0 Å². The van der Waals surface area contributed by atoms with Crippen LogP contribution >= 0.6 is 0 Å². The molecule has 5 nitrogen and oxygen atoms in total. The van der Waals surface area contributed by atoms with Crippen molar-refractivity contribution in [1.29, 1.82) is 0 Å². The van der Waals surface area contributed by atoms with Crippen LogP contribution in [0, 0.1) is 5.41 Å². The average molecular weight is 306 g/mol. The van der Waals surface area contributed by atoms with Gasteiger partial charge in [-0.1, -0.05) is 12.1 Å². The van der Waals surface area contributed by atoms with E-state index in [0.29, 0.717) is 26.2 Å². The van der Waals surface area contributed by atoms with Crippen molar-refractivity contribution in [3.8, 4) is 5.75 Å². The summed E-state index contributed by atoms with van der Waals surface area (Å²) in [6.45, 7) is 5.36. The number of nitrogens with one attached hydrogen (secondary N) is 1. The molecule has 1 fully saturated rings. The van der Waals surface area contributed by atoms with Crippen LogP contribution in [-0.2, 0) is 16.1 Å². The molecule has 1 unspecified atom stereocenters. The summed E-state index contributed by atoms with van der Waals surface area (Å²) in [6.07, 6.45) is 0.832. The maximum atomic E-state index is 13.0. The highest BCUT2D eigenvalue weighted by atomic mass is 16.5. The average Bonchev–Trinajstić information content (AvgIpc) is 3.02. The highest BCUT2D eigenvalue weighted by molar-refractivity contribution is 5.83. The van der Waals surface area contributed by atoms with Gasteiger partial charge in [-0.3, -0.25) is 4.79 Å². The van der Waals surface area contributed by atoms with Crippen LogP contribution < -0.4 is 10.1 Å². The summed E-state index contributed by atoms with van der Waals surface area (Å²) in [5, 5.41) is 3.29. The number of carbonyl (C=O) groups is 1. The van der Waals surface area contributed by atoms with Crippen LogP contribution in [0.15, 0.2) is 24.3 Å². The van der Waals surface area contributed by atoms with E-state index in [4.69, 9.17) is 9.47 Å². The summed E-state index contributed by atoms with van der Waals surface area (Å²) in [6, 6.07) is 7.86. The number of amides is 1. The van der Waals surface area contributed by atoms with Crippen molar-refractivity contribution in [2.45, 2.75) is 19.9 Å². The number of ether oxygens (including phenoxy) is 2. The number of hydrogen-bond donors (Lipinski definition) is 1. The number of carbonyl (C=O) groups excluding carboxylic acids is 1. The van der Waals surface area contributed by atoms with Crippen molar-refractivity contribution in [2.24, 2.45) is 5.41 Å². The molecule has 0 aromatic heterocycles. The van der Waals surface area contributed by atoms with E-state index < -0.39 is 5.41 Å². The summed E-state index contributed by atoms with van der Waals surface area (Å²) >= 11 is 0. The Morgan fingerprint density at radius 2 is 2.05 bits per heavy atom. The molecule has 122 valence electrons. The van der Waals surface area contributed by atoms with Gasteiger partial charge in [-0.05, 0) is 37.6 Å². The van der Waals surface area contributed by atoms with Crippen LogP contribution in [0.25, 0.3) is 0 Å². The van der Waals surface area contributed by atoms with Gasteiger partial charge in [-0.25, -0.2) is 0 Å². The van der Waals surface area contributed by atoms with E-state index in [2.05, 4.69) is 5.32 Å². The van der Waals surface area contributed by atoms with Crippen molar-refractivity contribution in [2.75, 3.05) is 40.5 Å². The Labute approximate surface area is 132 Å². The molecular weight excluding hydrogens is 280 g/mol. The molecule has 0 radical (unpaired) electrons. The number of hydrogen-bond acceptors (Lipinski definition) is 4. The van der Waals surface area contributed by atoms with Gasteiger partial charge >= 0.3 is 0 Å². The summed E-state index contributed by atoms with van der Waals surface area (Å²) in [7, 11) is 3.31. The van der Waals surface area contributed by atoms with E-state index in [1.165, 1.54) is 0 Å². The molecular formula is C17H26N2O3. The lowest BCUT2D eigenvalue weighted by Gasteiger charge is -2.33. The Kier molecular flexibility index (Phi) is 5.80. The molecule has 0 bridgehead atoms. The first kappa shape index (κ1) is 16.8. The lowest BCUT2D eigenvalue weighted by molar-refractivity contribution is -0.144. The molecule has 1 aliphatic heterocycles. The Hall–Kier alpha value is -1.59. The summed E-state index contributed by atoms with van der Waals surface area (Å²) in [4.78, 5) is 14.9. The third-order valence-electron chi connectivity index (χ3n) is 4.32. The molecule has 1 aromatic carbocycles. The molecule has 5 heteroatoms. The molecule has 1 heterocycles. The third kappa shape index (κ3) is 3.59. The molecule has 1 aromatic rings. The first-order chi connectivity index (χ1) is 10.6. The summed E-state index contributed by atoms with van der Waals surface area (Å²) in [5.41, 5.74) is 0.687. The van der Waals surface area contributed by atoms with Gasteiger partial charge in [0.1, 0.15) is 5.75 Å². The molecule has 1 N–H and O–H groups in total. The van der Waals surface area contributed by atoms with Crippen LogP contribution in [0.3, 0.4) is 0 Å². The minimum atomic E-state index is -0.419. The van der Waals surface area contributed by atoms with Gasteiger partial charge in [0.05, 0.1) is 19.1 Å². The van der Waals surface area contributed by atoms with Crippen LogP contribution in [0.1, 0.15) is 18.9 Å². The first-order valence-corrected chi connectivity index (χ1v) is 7.77. The zero-order valence-electron chi connectivity index (χ0n) is 13.7. The topological polar surface area (TPSA) is 50.8 Å². The monoisotopic (exact) mass is 306 g/mol. The van der Waals surface area contributed by atoms with Crippen molar-refractivity contribution >= 4 is 5.91 Å². The fourth-order valence-corrected chi connectivity index (χ4v) is 3.00. The van der Waals surface area contributed by atoms with Gasteiger partial charge in [0.25, 0.3) is 0 Å². The molecule has 1 saturated heterocycles. The van der Waals surface area contributed by atoms with Crippen LogP contribution in [0.4, 0.5) is 0 Å². The minimum absolute atomic E-state index is 0.178. The van der Waals surface area contributed by atoms with Gasteiger partial charge in [0.15, 0.2) is 0 Å². The maximum absolute atomic E-state index is 13.0. The second-order valence-corrected chi connectivity index (χ2v) is 5.81. The molecule has 0 aliphatic carbocycles. The Morgan fingerprint density at radius 3 is 2.55 bits per heavy atom. The second-order valence-electron chi connectivity index (χ2n) is 5.81. The normalized spacial score (nSPS) is 20.9. The smallest absolute Gasteiger partial charge is 0.232 e. The molecule has 0 saturated carbocycles. The van der Waals surface area contributed by atoms with E-state index in [1.54, 1.807) is 14.2 Å². The van der Waals surface area contributed by atoms with E-state index in [0.717, 1.165) is 24.3 Å². The summed E-state index contributed by atoms with van der Waals surface area (Å²) in [5.74, 6) is 1.01. The molecule has 22 heavy (non-hydrogen) atoms. The quantitative estimate of drug-likeness (QED) is 0.832. The van der Waals surface area contributed by atoms with Gasteiger partial charge in [-0.15, -0.1) is 0 Å². The van der Waals surface area contributed by atoms with Gasteiger partial charge in [-0.2, -0.15) is 0 Å². The van der Waals surface area contributed by atoms with Crippen molar-refractivity contribution in [3.63, 3.8) is 0 Å². The van der Waals surface area contributed by atoms with Crippen LogP contribution in [0.2, 0.25) is 0 Å². The third-order valence-corrected chi connectivity index (χ3v) is 4.32. The lowest BCUT2D eigenvalue weighted by atomic mass is 9.86. The molecule has 2 rings (SSSR count). The van der Waals surface area contributed by atoms with Gasteiger partial charge in [0.2, 0.25) is 5.91 Å². The molecule has 1 amide bonds. The lowest BCUT2D eigenvalue weighted by Crippen LogP contribution is -2.47. The van der Waals surface area contributed by atoms with E-state index in [9.17, 15) is 4.79 Å². The number of benzene rings is 1. The predicted molar refractivity (Wildman–Crippen MR) is 85.9 cm³/mol. The van der Waals surface area contributed by atoms with Crippen molar-refractivity contribution < 1.29 is 14.3 Å². The largest absolute Gasteiger partial charge is 0.497 e. The Morgan fingerprint density at radius 1 is 1.32 bits per heavy atom. The Balaban J connectivity index is 2.10. The first-order valence-electron chi connectivity index (χ1n) is 7.77. The fourth-order valence-electron chi connectivity index (χ4n) is 3.00. The maximum Gasteiger partial charge on any atom is 0.232 e. The fraction of sp³-hybridized carbons (Fsp3) is 0.588. The number of nitrogens with zero attached hydrogens (tertiary/aromatic N) is 1. The zero-order valence-corrected chi connectivity index (χ0v) is 13.7. The highest BCUT2D eigenvalue weighted by Crippen LogP contribution is 2.29. The van der Waals surface area contributed by atoms with Gasteiger partial charge in [0, 0.05) is 26.7 Å². The van der Waals surface area contributed by atoms with Crippen LogP contribution in [0.5, 0.6) is 5.75 Å². The Bertz CT molecular complexity index is 481. The van der Waals surface area contributed by atoms with E-state index in [1.807, 2.05) is 36.1 Å². The van der Waals surface area contributed by atoms with Crippen molar-refractivity contribution in [3.05, 3.63) is 29.8 Å². The predicted octanol–water partition coefficient (Wildman–Crippen LogP) is 1.67.